The molecule has 1 fully saturated rings. The largest absolute Gasteiger partial charge is 0.461 e. The van der Waals surface area contributed by atoms with E-state index in [-0.39, 0.29) is 43.1 Å². The van der Waals surface area contributed by atoms with Gasteiger partial charge in [0, 0.05) is 25.9 Å². The Morgan fingerprint density at radius 2 is 1.85 bits per heavy atom. The number of hydrogen-bond donors (Lipinski definition) is 4. The van der Waals surface area contributed by atoms with Crippen molar-refractivity contribution in [2.45, 2.75) is 57.5 Å². The molecule has 34 heavy (non-hydrogen) atoms. The van der Waals surface area contributed by atoms with E-state index < -0.39 is 47.7 Å². The van der Waals surface area contributed by atoms with Crippen LogP contribution in [0, 0.1) is 17.3 Å². The van der Waals surface area contributed by atoms with Crippen molar-refractivity contribution in [1.29, 1.82) is 0 Å². The second-order valence-electron chi connectivity index (χ2n) is 9.48. The minimum atomic E-state index is -1.42. The van der Waals surface area contributed by atoms with Crippen molar-refractivity contribution in [2.75, 3.05) is 13.2 Å². The predicted octanol–water partition coefficient (Wildman–Crippen LogP) is 1.31. The Kier molecular flexibility index (Phi) is 8.30. The Balaban J connectivity index is 1.77. The normalized spacial score (nSPS) is 34.9. The third-order valence-corrected chi connectivity index (χ3v) is 7.11. The highest BCUT2D eigenvalue weighted by atomic mass is 16.6. The van der Waals surface area contributed by atoms with E-state index in [0.717, 1.165) is 5.56 Å². The molecule has 1 aromatic rings. The molecule has 1 aromatic carbocycles. The van der Waals surface area contributed by atoms with Crippen LogP contribution in [0.2, 0.25) is 0 Å². The molecule has 8 nitrogen and oxygen atoms in total. The maximum Gasteiger partial charge on any atom is 0.306 e. The number of esters is 2. The molecule has 0 heterocycles. The zero-order valence-electron chi connectivity index (χ0n) is 19.6. The summed E-state index contributed by atoms with van der Waals surface area (Å²) in [5.41, 5.74) is 0.698. The van der Waals surface area contributed by atoms with Gasteiger partial charge in [-0.2, -0.15) is 0 Å². The lowest BCUT2D eigenvalue weighted by molar-refractivity contribution is -0.149. The fourth-order valence-electron chi connectivity index (χ4n) is 4.94. The van der Waals surface area contributed by atoms with Gasteiger partial charge in [0.05, 0.1) is 12.2 Å². The van der Waals surface area contributed by atoms with Crippen molar-refractivity contribution < 1.29 is 39.5 Å². The SMILES string of the molecule is C=C1[C@@H](O)[C@@H]2[C@H](C[C@@H](O)/C(COC(=O)CCc3ccccc3)=C/[C@@H](O)[C@H]1OC(C)=O)[C@]2(C)CO. The number of fused-ring (bicyclic) bond motifs is 1. The Morgan fingerprint density at radius 1 is 1.18 bits per heavy atom. The maximum absolute atomic E-state index is 12.3. The van der Waals surface area contributed by atoms with E-state index in [1.165, 1.54) is 13.0 Å². The summed E-state index contributed by atoms with van der Waals surface area (Å²) < 4.78 is 10.6. The minimum Gasteiger partial charge on any atom is -0.461 e. The van der Waals surface area contributed by atoms with Gasteiger partial charge >= 0.3 is 11.9 Å². The number of hydrogen-bond acceptors (Lipinski definition) is 8. The van der Waals surface area contributed by atoms with Crippen LogP contribution in [0.4, 0.5) is 0 Å². The van der Waals surface area contributed by atoms with Crippen LogP contribution in [-0.2, 0) is 25.5 Å². The molecule has 1 saturated carbocycles. The summed E-state index contributed by atoms with van der Waals surface area (Å²) in [5.74, 6) is -1.80. The number of carbonyl (C=O) groups excluding carboxylic acids is 2. The van der Waals surface area contributed by atoms with E-state index in [1.54, 1.807) is 6.92 Å². The molecule has 186 valence electrons. The van der Waals surface area contributed by atoms with E-state index in [0.29, 0.717) is 6.42 Å². The van der Waals surface area contributed by atoms with Gasteiger partial charge in [-0.15, -0.1) is 0 Å². The summed E-state index contributed by atoms with van der Waals surface area (Å²) in [6, 6.07) is 9.50. The van der Waals surface area contributed by atoms with Gasteiger partial charge in [0.2, 0.25) is 0 Å². The third-order valence-electron chi connectivity index (χ3n) is 7.11. The van der Waals surface area contributed by atoms with Crippen LogP contribution >= 0.6 is 0 Å². The van der Waals surface area contributed by atoms with Gasteiger partial charge in [-0.1, -0.05) is 43.8 Å². The molecular formula is C26H34O8. The molecule has 4 N–H and O–H groups in total. The fourth-order valence-corrected chi connectivity index (χ4v) is 4.94. The summed E-state index contributed by atoms with van der Waals surface area (Å²) in [4.78, 5) is 24.0. The molecule has 8 heteroatoms. The number of aliphatic hydroxyl groups excluding tert-OH is 4. The number of aryl methyl sites for hydroxylation is 1. The third kappa shape index (κ3) is 5.75. The first kappa shape index (κ1) is 26.1. The molecule has 0 aliphatic heterocycles. The number of ether oxygens (including phenoxy) is 2. The van der Waals surface area contributed by atoms with Crippen molar-refractivity contribution >= 4 is 11.9 Å². The van der Waals surface area contributed by atoms with E-state index in [2.05, 4.69) is 6.58 Å². The molecule has 2 aliphatic rings. The first-order chi connectivity index (χ1) is 16.1. The molecular weight excluding hydrogens is 440 g/mol. The summed E-state index contributed by atoms with van der Waals surface area (Å²) in [7, 11) is 0. The molecule has 3 rings (SSSR count). The molecule has 2 aliphatic carbocycles. The Morgan fingerprint density at radius 3 is 2.47 bits per heavy atom. The van der Waals surface area contributed by atoms with Gasteiger partial charge in [0.1, 0.15) is 12.7 Å². The standard InChI is InChI=1S/C26H34O8/c1-15-24(32)23-19(26(23,3)14-27)12-20(29)18(11-21(30)25(15)34-16(2)28)13-33-22(31)10-9-17-7-5-4-6-8-17/h4-8,11,19-21,23-25,27,29-30,32H,1,9-10,12-14H2,2-3H3/b18-11+/t19-,20+,21+,23-,24+,25-,26-/m0/s1. The number of rotatable bonds is 7. The van der Waals surface area contributed by atoms with Gasteiger partial charge < -0.3 is 29.9 Å². The maximum atomic E-state index is 12.3. The number of carbonyl (C=O) groups is 2. The van der Waals surface area contributed by atoms with Crippen LogP contribution < -0.4 is 0 Å². The van der Waals surface area contributed by atoms with Crippen LogP contribution in [-0.4, -0.2) is 70.0 Å². The monoisotopic (exact) mass is 474 g/mol. The number of benzene rings is 1. The molecule has 0 bridgehead atoms. The molecule has 7 atom stereocenters. The second kappa shape index (κ2) is 10.8. The topological polar surface area (TPSA) is 134 Å². The van der Waals surface area contributed by atoms with Crippen LogP contribution in [0.15, 0.2) is 54.1 Å². The number of aliphatic hydroxyl groups is 4. The average Bonchev–Trinajstić information content (AvgIpc) is 3.40. The summed E-state index contributed by atoms with van der Waals surface area (Å²) >= 11 is 0. The predicted molar refractivity (Wildman–Crippen MR) is 123 cm³/mol. The lowest BCUT2D eigenvalue weighted by Crippen LogP contribution is -2.38. The molecule has 0 spiro atoms. The zero-order valence-corrected chi connectivity index (χ0v) is 19.6. The Labute approximate surface area is 199 Å². The van der Waals surface area contributed by atoms with Gasteiger partial charge in [-0.25, -0.2) is 0 Å². The lowest BCUT2D eigenvalue weighted by Gasteiger charge is -2.28. The van der Waals surface area contributed by atoms with E-state index in [1.807, 2.05) is 30.3 Å². The fraction of sp³-hybridized carbons (Fsp3) is 0.538. The zero-order chi connectivity index (χ0) is 25.0. The van der Waals surface area contributed by atoms with E-state index in [9.17, 15) is 30.0 Å². The molecule has 0 radical (unpaired) electrons. The van der Waals surface area contributed by atoms with Gasteiger partial charge in [-0.05, 0) is 47.0 Å². The van der Waals surface area contributed by atoms with Crippen molar-refractivity contribution in [3.8, 4) is 0 Å². The van der Waals surface area contributed by atoms with Gasteiger partial charge in [0.15, 0.2) is 6.10 Å². The average molecular weight is 475 g/mol. The first-order valence-corrected chi connectivity index (χ1v) is 11.5. The minimum absolute atomic E-state index is 0.113. The molecule has 0 unspecified atom stereocenters. The Bertz CT molecular complexity index is 926. The van der Waals surface area contributed by atoms with Gasteiger partial charge in [-0.3, -0.25) is 9.59 Å². The highest BCUT2D eigenvalue weighted by molar-refractivity contribution is 5.70. The highest BCUT2D eigenvalue weighted by Crippen LogP contribution is 2.63. The summed E-state index contributed by atoms with van der Waals surface area (Å²) in [5, 5.41) is 42.5. The quantitative estimate of drug-likeness (QED) is 0.343. The Hall–Kier alpha value is -2.52. The summed E-state index contributed by atoms with van der Waals surface area (Å²) in [6.07, 6.45) is -2.76. The van der Waals surface area contributed by atoms with Crippen LogP contribution in [0.5, 0.6) is 0 Å². The molecule has 0 saturated heterocycles. The van der Waals surface area contributed by atoms with E-state index in [4.69, 9.17) is 9.47 Å². The van der Waals surface area contributed by atoms with Gasteiger partial charge in [0.25, 0.3) is 0 Å². The first-order valence-electron chi connectivity index (χ1n) is 11.5. The van der Waals surface area contributed by atoms with E-state index >= 15 is 0 Å². The summed E-state index contributed by atoms with van der Waals surface area (Å²) in [6.45, 7) is 6.37. The molecule has 0 aromatic heterocycles. The van der Waals surface area contributed by atoms with Crippen molar-refractivity contribution in [3.63, 3.8) is 0 Å². The highest BCUT2D eigenvalue weighted by Gasteiger charge is 2.64. The lowest BCUT2D eigenvalue weighted by atomic mass is 9.91. The smallest absolute Gasteiger partial charge is 0.306 e. The van der Waals surface area contributed by atoms with Crippen molar-refractivity contribution in [3.05, 3.63) is 59.7 Å². The van der Waals surface area contributed by atoms with Crippen LogP contribution in [0.3, 0.4) is 0 Å². The van der Waals surface area contributed by atoms with Crippen LogP contribution in [0.25, 0.3) is 0 Å². The van der Waals surface area contributed by atoms with Crippen molar-refractivity contribution in [2.24, 2.45) is 17.3 Å². The molecule has 0 amide bonds. The van der Waals surface area contributed by atoms with Crippen molar-refractivity contribution in [1.82, 2.24) is 0 Å². The second-order valence-corrected chi connectivity index (χ2v) is 9.48. The van der Waals surface area contributed by atoms with Crippen LogP contribution in [0.1, 0.15) is 32.3 Å².